The van der Waals surface area contributed by atoms with Crippen molar-refractivity contribution in [3.8, 4) is 0 Å². The van der Waals surface area contributed by atoms with E-state index in [2.05, 4.69) is 28.6 Å². The van der Waals surface area contributed by atoms with E-state index in [1.165, 1.54) is 5.56 Å². The Balaban J connectivity index is 1.73. The number of aromatic nitrogens is 1. The monoisotopic (exact) mass is 367 g/mol. The van der Waals surface area contributed by atoms with Gasteiger partial charge in [-0.2, -0.15) is 0 Å². The number of aryl methyl sites for hydroxylation is 1. The van der Waals surface area contributed by atoms with E-state index in [1.807, 2.05) is 18.2 Å². The third kappa shape index (κ3) is 3.50. The van der Waals surface area contributed by atoms with Crippen molar-refractivity contribution in [2.75, 3.05) is 10.6 Å². The number of thiocarbonyl (C=S) groups is 1. The lowest BCUT2D eigenvalue weighted by atomic mass is 10.2. The molecule has 1 aromatic heterocycles. The van der Waals surface area contributed by atoms with Crippen molar-refractivity contribution in [2.45, 2.75) is 6.92 Å². The maximum Gasteiger partial charge on any atom is 0.190 e. The van der Waals surface area contributed by atoms with Crippen molar-refractivity contribution in [1.82, 2.24) is 4.98 Å². The topological polar surface area (TPSA) is 37.0 Å². The van der Waals surface area contributed by atoms with Crippen LogP contribution in [0, 0.1) is 6.92 Å². The minimum Gasteiger partial charge on any atom is -0.332 e. The molecular weight excluding hydrogens is 357 g/mol. The SMILES string of the molecule is Cc1ccc2nc(NC(=S)Nc3ccc(Cl)c(Cl)c3)sc2c1. The summed E-state index contributed by atoms with van der Waals surface area (Å²) in [6, 6.07) is 11.4. The quantitative estimate of drug-likeness (QED) is 0.567. The summed E-state index contributed by atoms with van der Waals surface area (Å²) < 4.78 is 1.12. The van der Waals surface area contributed by atoms with Gasteiger partial charge in [-0.15, -0.1) is 0 Å². The van der Waals surface area contributed by atoms with Crippen LogP contribution in [0.1, 0.15) is 5.56 Å². The summed E-state index contributed by atoms with van der Waals surface area (Å²) >= 11 is 18.7. The van der Waals surface area contributed by atoms with Crippen LogP contribution in [0.25, 0.3) is 10.2 Å². The van der Waals surface area contributed by atoms with E-state index in [4.69, 9.17) is 35.4 Å². The minimum atomic E-state index is 0.453. The summed E-state index contributed by atoms with van der Waals surface area (Å²) in [5, 5.41) is 8.33. The van der Waals surface area contributed by atoms with Gasteiger partial charge in [-0.3, -0.25) is 0 Å². The standard InChI is InChI=1S/C15H11Cl2N3S2/c1-8-2-5-12-13(6-8)22-15(19-12)20-14(21)18-9-3-4-10(16)11(17)7-9/h2-7H,1H3,(H2,18,19,20,21). The number of anilines is 2. The summed E-state index contributed by atoms with van der Waals surface area (Å²) in [4.78, 5) is 4.50. The fourth-order valence-corrected chi connectivity index (χ4v) is 3.46. The second kappa shape index (κ2) is 6.38. The molecule has 7 heteroatoms. The molecular formula is C15H11Cl2N3S2. The van der Waals surface area contributed by atoms with Crippen LogP contribution in [0.2, 0.25) is 10.0 Å². The molecule has 2 aromatic carbocycles. The van der Waals surface area contributed by atoms with Gasteiger partial charge < -0.3 is 10.6 Å². The Bertz CT molecular complexity index is 861. The molecule has 0 amide bonds. The Morgan fingerprint density at radius 1 is 1.09 bits per heavy atom. The van der Waals surface area contributed by atoms with Crippen molar-refractivity contribution in [3.05, 3.63) is 52.0 Å². The molecule has 0 saturated heterocycles. The largest absolute Gasteiger partial charge is 0.332 e. The molecule has 0 fully saturated rings. The first kappa shape index (κ1) is 15.5. The van der Waals surface area contributed by atoms with Gasteiger partial charge in [0.1, 0.15) is 0 Å². The van der Waals surface area contributed by atoms with Crippen molar-refractivity contribution in [1.29, 1.82) is 0 Å². The van der Waals surface area contributed by atoms with E-state index in [0.717, 1.165) is 21.0 Å². The zero-order valence-corrected chi connectivity index (χ0v) is 14.6. The number of fused-ring (bicyclic) bond motifs is 1. The maximum atomic E-state index is 5.98. The summed E-state index contributed by atoms with van der Waals surface area (Å²) in [7, 11) is 0. The molecule has 0 saturated carbocycles. The van der Waals surface area contributed by atoms with Gasteiger partial charge in [-0.05, 0) is 55.0 Å². The predicted molar refractivity (Wildman–Crippen MR) is 101 cm³/mol. The lowest BCUT2D eigenvalue weighted by Crippen LogP contribution is -2.18. The van der Waals surface area contributed by atoms with Gasteiger partial charge in [0.2, 0.25) is 0 Å². The van der Waals surface area contributed by atoms with E-state index < -0.39 is 0 Å². The van der Waals surface area contributed by atoms with Crippen LogP contribution in [0.5, 0.6) is 0 Å². The Morgan fingerprint density at radius 2 is 1.91 bits per heavy atom. The van der Waals surface area contributed by atoms with Crippen LogP contribution in [0.4, 0.5) is 10.8 Å². The molecule has 3 nitrogen and oxygen atoms in total. The number of nitrogens with one attached hydrogen (secondary N) is 2. The zero-order valence-electron chi connectivity index (χ0n) is 11.5. The Morgan fingerprint density at radius 3 is 2.68 bits per heavy atom. The van der Waals surface area contributed by atoms with Crippen LogP contribution >= 0.6 is 46.8 Å². The second-order valence-electron chi connectivity index (χ2n) is 4.70. The predicted octanol–water partition coefficient (Wildman–Crippen LogP) is 5.72. The number of benzene rings is 2. The third-order valence-corrected chi connectivity index (χ3v) is 4.82. The van der Waals surface area contributed by atoms with Crippen LogP contribution in [-0.4, -0.2) is 10.1 Å². The molecule has 3 rings (SSSR count). The summed E-state index contributed by atoms with van der Waals surface area (Å²) in [5.41, 5.74) is 2.93. The van der Waals surface area contributed by atoms with Crippen molar-refractivity contribution < 1.29 is 0 Å². The normalized spacial score (nSPS) is 10.7. The van der Waals surface area contributed by atoms with Crippen LogP contribution < -0.4 is 10.6 Å². The highest BCUT2D eigenvalue weighted by atomic mass is 35.5. The first-order chi connectivity index (χ1) is 10.5. The number of thiazole rings is 1. The fourth-order valence-electron chi connectivity index (χ4n) is 1.92. The van der Waals surface area contributed by atoms with Gasteiger partial charge in [0.05, 0.1) is 20.3 Å². The van der Waals surface area contributed by atoms with Gasteiger partial charge in [-0.1, -0.05) is 40.6 Å². The third-order valence-electron chi connectivity index (χ3n) is 2.94. The molecule has 112 valence electrons. The molecule has 0 bridgehead atoms. The van der Waals surface area contributed by atoms with E-state index in [0.29, 0.717) is 15.2 Å². The molecule has 1 heterocycles. The number of nitrogens with zero attached hydrogens (tertiary/aromatic N) is 1. The van der Waals surface area contributed by atoms with E-state index >= 15 is 0 Å². The van der Waals surface area contributed by atoms with E-state index in [-0.39, 0.29) is 0 Å². The van der Waals surface area contributed by atoms with Crippen molar-refractivity contribution in [2.24, 2.45) is 0 Å². The molecule has 0 unspecified atom stereocenters. The summed E-state index contributed by atoms with van der Waals surface area (Å²) in [6.45, 7) is 2.06. The molecule has 0 spiro atoms. The van der Waals surface area contributed by atoms with E-state index in [1.54, 1.807) is 23.5 Å². The van der Waals surface area contributed by atoms with Gasteiger partial charge in [0.15, 0.2) is 10.2 Å². The zero-order chi connectivity index (χ0) is 15.7. The summed E-state index contributed by atoms with van der Waals surface area (Å²) in [6.07, 6.45) is 0. The molecule has 0 aliphatic heterocycles. The lowest BCUT2D eigenvalue weighted by molar-refractivity contribution is 1.45. The first-order valence-electron chi connectivity index (χ1n) is 6.41. The average Bonchev–Trinajstić information content (AvgIpc) is 2.84. The smallest absolute Gasteiger partial charge is 0.190 e. The second-order valence-corrected chi connectivity index (χ2v) is 6.95. The number of hydrogen-bond acceptors (Lipinski definition) is 3. The van der Waals surface area contributed by atoms with Gasteiger partial charge in [-0.25, -0.2) is 4.98 Å². The number of rotatable bonds is 2. The first-order valence-corrected chi connectivity index (χ1v) is 8.39. The van der Waals surface area contributed by atoms with Crippen LogP contribution in [0.3, 0.4) is 0 Å². The van der Waals surface area contributed by atoms with Gasteiger partial charge >= 0.3 is 0 Å². The van der Waals surface area contributed by atoms with Crippen LogP contribution in [0.15, 0.2) is 36.4 Å². The molecule has 0 atom stereocenters. The molecule has 2 N–H and O–H groups in total. The highest BCUT2D eigenvalue weighted by Crippen LogP contribution is 2.27. The Hall–Kier alpha value is -1.40. The average molecular weight is 368 g/mol. The van der Waals surface area contributed by atoms with Crippen LogP contribution in [-0.2, 0) is 0 Å². The van der Waals surface area contributed by atoms with E-state index in [9.17, 15) is 0 Å². The molecule has 0 radical (unpaired) electrons. The van der Waals surface area contributed by atoms with Gasteiger partial charge in [0.25, 0.3) is 0 Å². The number of hydrogen-bond donors (Lipinski definition) is 2. The minimum absolute atomic E-state index is 0.453. The lowest BCUT2D eigenvalue weighted by Gasteiger charge is -2.08. The number of halogens is 2. The summed E-state index contributed by atoms with van der Waals surface area (Å²) in [5.74, 6) is 0. The highest BCUT2D eigenvalue weighted by Gasteiger charge is 2.07. The van der Waals surface area contributed by atoms with Crippen molar-refractivity contribution in [3.63, 3.8) is 0 Å². The maximum absolute atomic E-state index is 5.98. The Labute approximate surface area is 147 Å². The fraction of sp³-hybridized carbons (Fsp3) is 0.0667. The van der Waals surface area contributed by atoms with Gasteiger partial charge in [0, 0.05) is 5.69 Å². The molecule has 3 aromatic rings. The molecule has 22 heavy (non-hydrogen) atoms. The Kier molecular flexibility index (Phi) is 4.49. The molecule has 0 aliphatic carbocycles. The van der Waals surface area contributed by atoms with Crippen molar-refractivity contribution >= 4 is 72.9 Å². The molecule has 0 aliphatic rings. The highest BCUT2D eigenvalue weighted by molar-refractivity contribution is 7.80.